The molecule has 0 spiro atoms. The number of rotatable bonds is 6. The average Bonchev–Trinajstić information content (AvgIpc) is 3.10. The zero-order valence-electron chi connectivity index (χ0n) is 15.5. The highest BCUT2D eigenvalue weighted by Crippen LogP contribution is 2.17. The molecule has 0 unspecified atom stereocenters. The molecule has 1 atom stereocenters. The smallest absolute Gasteiger partial charge is 0.224 e. The van der Waals surface area contributed by atoms with Gasteiger partial charge in [0.05, 0.1) is 12.5 Å². The predicted molar refractivity (Wildman–Crippen MR) is 101 cm³/mol. The van der Waals surface area contributed by atoms with E-state index in [0.717, 1.165) is 50.3 Å². The van der Waals surface area contributed by atoms with Gasteiger partial charge in [0, 0.05) is 52.1 Å². The van der Waals surface area contributed by atoms with Gasteiger partial charge in [-0.25, -0.2) is 0 Å². The van der Waals surface area contributed by atoms with Crippen LogP contribution in [-0.2, 0) is 16.0 Å². The van der Waals surface area contributed by atoms with Crippen LogP contribution < -0.4 is 10.2 Å². The van der Waals surface area contributed by atoms with E-state index >= 15 is 0 Å². The molecular formula is C20H31N3O2. The lowest BCUT2D eigenvalue weighted by atomic mass is 10.0. The number of carbonyl (C=O) groups is 1. The second-order valence-electron chi connectivity index (χ2n) is 7.52. The lowest BCUT2D eigenvalue weighted by molar-refractivity contribution is -0.121. The van der Waals surface area contributed by atoms with E-state index in [1.54, 1.807) is 0 Å². The Labute approximate surface area is 151 Å². The molecule has 25 heavy (non-hydrogen) atoms. The molecule has 0 saturated carbocycles. The Morgan fingerprint density at radius 1 is 1.20 bits per heavy atom. The maximum atomic E-state index is 12.3. The normalized spacial score (nSPS) is 22.1. The number of piperidine rings is 1. The number of anilines is 1. The SMILES string of the molecule is CN(C)c1ccc(CC(=O)NC2CCN(C[C@@H]3CCCO3)CC2)cc1. The lowest BCUT2D eigenvalue weighted by Gasteiger charge is -2.33. The first kappa shape index (κ1) is 18.2. The van der Waals surface area contributed by atoms with E-state index in [2.05, 4.69) is 27.2 Å². The number of hydrogen-bond donors (Lipinski definition) is 1. The summed E-state index contributed by atoms with van der Waals surface area (Å²) in [5.74, 6) is 0.134. The van der Waals surface area contributed by atoms with E-state index in [-0.39, 0.29) is 5.91 Å². The van der Waals surface area contributed by atoms with Crippen LogP contribution in [0.4, 0.5) is 5.69 Å². The number of carbonyl (C=O) groups excluding carboxylic acids is 1. The first-order chi connectivity index (χ1) is 12.1. The summed E-state index contributed by atoms with van der Waals surface area (Å²) in [4.78, 5) is 16.9. The van der Waals surface area contributed by atoms with Gasteiger partial charge in [-0.15, -0.1) is 0 Å². The van der Waals surface area contributed by atoms with E-state index < -0.39 is 0 Å². The van der Waals surface area contributed by atoms with E-state index in [4.69, 9.17) is 4.74 Å². The van der Waals surface area contributed by atoms with Crippen LogP contribution in [-0.4, -0.2) is 63.3 Å². The molecule has 0 aliphatic carbocycles. The third kappa shape index (κ3) is 5.44. The van der Waals surface area contributed by atoms with Crippen LogP contribution in [0.3, 0.4) is 0 Å². The van der Waals surface area contributed by atoms with Gasteiger partial charge in [0.1, 0.15) is 0 Å². The summed E-state index contributed by atoms with van der Waals surface area (Å²) in [6.45, 7) is 4.09. The third-order valence-corrected chi connectivity index (χ3v) is 5.26. The molecule has 1 aromatic rings. The van der Waals surface area contributed by atoms with Crippen molar-refractivity contribution in [3.63, 3.8) is 0 Å². The van der Waals surface area contributed by atoms with Gasteiger partial charge in [0.2, 0.25) is 5.91 Å². The van der Waals surface area contributed by atoms with Crippen LogP contribution in [0.5, 0.6) is 0 Å². The zero-order valence-corrected chi connectivity index (χ0v) is 15.5. The van der Waals surface area contributed by atoms with Crippen molar-refractivity contribution in [1.29, 1.82) is 0 Å². The summed E-state index contributed by atoms with van der Waals surface area (Å²) in [6.07, 6.45) is 5.37. The highest BCUT2D eigenvalue weighted by atomic mass is 16.5. The molecule has 2 fully saturated rings. The number of benzene rings is 1. The van der Waals surface area contributed by atoms with E-state index in [0.29, 0.717) is 18.6 Å². The van der Waals surface area contributed by atoms with E-state index in [1.807, 2.05) is 26.2 Å². The fraction of sp³-hybridized carbons (Fsp3) is 0.650. The van der Waals surface area contributed by atoms with Gasteiger partial charge in [0.15, 0.2) is 0 Å². The Kier molecular flexibility index (Phi) is 6.32. The minimum Gasteiger partial charge on any atom is -0.378 e. The minimum atomic E-state index is 0.134. The van der Waals surface area contributed by atoms with Crippen molar-refractivity contribution in [3.8, 4) is 0 Å². The van der Waals surface area contributed by atoms with Crippen molar-refractivity contribution in [2.75, 3.05) is 45.2 Å². The van der Waals surface area contributed by atoms with Crippen LogP contribution in [0.15, 0.2) is 24.3 Å². The summed E-state index contributed by atoms with van der Waals surface area (Å²) in [7, 11) is 4.04. The predicted octanol–water partition coefficient (Wildman–Crippen LogP) is 2.05. The van der Waals surface area contributed by atoms with Gasteiger partial charge in [0.25, 0.3) is 0 Å². The van der Waals surface area contributed by atoms with Crippen molar-refractivity contribution in [1.82, 2.24) is 10.2 Å². The molecule has 1 amide bonds. The second-order valence-corrected chi connectivity index (χ2v) is 7.52. The number of amides is 1. The Hall–Kier alpha value is -1.59. The van der Waals surface area contributed by atoms with Crippen molar-refractivity contribution in [2.24, 2.45) is 0 Å². The Morgan fingerprint density at radius 2 is 1.92 bits per heavy atom. The zero-order chi connectivity index (χ0) is 17.6. The lowest BCUT2D eigenvalue weighted by Crippen LogP contribution is -2.46. The molecule has 1 aromatic carbocycles. The molecule has 5 heteroatoms. The summed E-state index contributed by atoms with van der Waals surface area (Å²) >= 11 is 0. The Morgan fingerprint density at radius 3 is 2.52 bits per heavy atom. The largest absolute Gasteiger partial charge is 0.378 e. The first-order valence-corrected chi connectivity index (χ1v) is 9.50. The standard InChI is InChI=1S/C20H31N3O2/c1-22(2)18-7-5-16(6-8-18)14-20(24)21-17-9-11-23(12-10-17)15-19-4-3-13-25-19/h5-8,17,19H,3-4,9-15H2,1-2H3,(H,21,24)/t19-/m0/s1. The molecule has 0 radical (unpaired) electrons. The fourth-order valence-corrected chi connectivity index (χ4v) is 3.71. The summed E-state index contributed by atoms with van der Waals surface area (Å²) in [5.41, 5.74) is 2.22. The number of nitrogens with zero attached hydrogens (tertiary/aromatic N) is 2. The quantitative estimate of drug-likeness (QED) is 0.857. The fourth-order valence-electron chi connectivity index (χ4n) is 3.71. The molecule has 0 aromatic heterocycles. The van der Waals surface area contributed by atoms with Gasteiger partial charge < -0.3 is 19.9 Å². The summed E-state index contributed by atoms with van der Waals surface area (Å²) in [5, 5.41) is 3.21. The second kappa shape index (κ2) is 8.68. The maximum Gasteiger partial charge on any atom is 0.224 e. The maximum absolute atomic E-state index is 12.3. The number of ether oxygens (including phenoxy) is 1. The number of hydrogen-bond acceptors (Lipinski definition) is 4. The van der Waals surface area contributed by atoms with Crippen LogP contribution in [0, 0.1) is 0 Å². The Balaban J connectivity index is 1.38. The Bertz CT molecular complexity index is 545. The van der Waals surface area contributed by atoms with E-state index in [1.165, 1.54) is 12.8 Å². The molecule has 2 aliphatic rings. The molecule has 1 N–H and O–H groups in total. The average molecular weight is 345 g/mol. The van der Waals surface area contributed by atoms with Crippen molar-refractivity contribution >= 4 is 11.6 Å². The molecule has 2 heterocycles. The molecule has 2 aliphatic heterocycles. The van der Waals surface area contributed by atoms with Gasteiger partial charge in [-0.05, 0) is 43.4 Å². The van der Waals surface area contributed by atoms with Crippen molar-refractivity contribution < 1.29 is 9.53 Å². The highest BCUT2D eigenvalue weighted by molar-refractivity contribution is 5.79. The molecule has 3 rings (SSSR count). The van der Waals surface area contributed by atoms with Gasteiger partial charge >= 0.3 is 0 Å². The molecular weight excluding hydrogens is 314 g/mol. The highest BCUT2D eigenvalue weighted by Gasteiger charge is 2.24. The summed E-state index contributed by atoms with van der Waals surface area (Å²) < 4.78 is 5.72. The minimum absolute atomic E-state index is 0.134. The van der Waals surface area contributed by atoms with Gasteiger partial charge in [-0.2, -0.15) is 0 Å². The first-order valence-electron chi connectivity index (χ1n) is 9.50. The topological polar surface area (TPSA) is 44.8 Å². The summed E-state index contributed by atoms with van der Waals surface area (Å²) in [6, 6.07) is 8.52. The van der Waals surface area contributed by atoms with Crippen LogP contribution in [0.2, 0.25) is 0 Å². The van der Waals surface area contributed by atoms with Crippen LogP contribution in [0.25, 0.3) is 0 Å². The molecule has 138 valence electrons. The van der Waals surface area contributed by atoms with Gasteiger partial charge in [-0.1, -0.05) is 12.1 Å². The van der Waals surface area contributed by atoms with Crippen molar-refractivity contribution in [2.45, 2.75) is 44.2 Å². The van der Waals surface area contributed by atoms with E-state index in [9.17, 15) is 4.79 Å². The number of nitrogens with one attached hydrogen (secondary N) is 1. The van der Waals surface area contributed by atoms with Gasteiger partial charge in [-0.3, -0.25) is 4.79 Å². The van der Waals surface area contributed by atoms with Crippen molar-refractivity contribution in [3.05, 3.63) is 29.8 Å². The van der Waals surface area contributed by atoms with Crippen LogP contribution >= 0.6 is 0 Å². The molecule has 2 saturated heterocycles. The molecule has 0 bridgehead atoms. The van der Waals surface area contributed by atoms with Crippen LogP contribution in [0.1, 0.15) is 31.2 Å². The molecule has 5 nitrogen and oxygen atoms in total. The monoisotopic (exact) mass is 345 g/mol. The number of likely N-dealkylation sites (tertiary alicyclic amines) is 1. The third-order valence-electron chi connectivity index (χ3n) is 5.26.